The molecule has 0 radical (unpaired) electrons. The lowest BCUT2D eigenvalue weighted by Gasteiger charge is -2.09. The lowest BCUT2D eigenvalue weighted by Crippen LogP contribution is -2.18. The summed E-state index contributed by atoms with van der Waals surface area (Å²) in [5, 5.41) is 0. The molecule has 0 amide bonds. The van der Waals surface area contributed by atoms with E-state index in [0.717, 1.165) is 7.11 Å². The first-order valence-corrected chi connectivity index (χ1v) is 4.75. The molecule has 0 N–H and O–H groups in total. The second-order valence-corrected chi connectivity index (χ2v) is 5.35. The van der Waals surface area contributed by atoms with E-state index in [2.05, 4.69) is 8.37 Å². The number of halogens is 3. The fraction of sp³-hybridized carbons (Fsp3) is 1.00. The summed E-state index contributed by atoms with van der Waals surface area (Å²) in [5.74, 6) is 0. The molecule has 4 nitrogen and oxygen atoms in total. The van der Waals surface area contributed by atoms with Crippen molar-refractivity contribution >= 4 is 45.2 Å². The van der Waals surface area contributed by atoms with Gasteiger partial charge in [-0.25, -0.2) is 4.18 Å². The molecule has 0 bridgehead atoms. The highest BCUT2D eigenvalue weighted by atomic mass is 35.6. The Bertz CT molecular complexity index is 205. The Hall–Kier alpha value is 0.740. The summed E-state index contributed by atoms with van der Waals surface area (Å²) in [7, 11) is -3.07. The van der Waals surface area contributed by atoms with Crippen LogP contribution < -0.4 is 0 Å². The van der Waals surface area contributed by atoms with Crippen LogP contribution in [0.1, 0.15) is 0 Å². The number of hydrogen-bond acceptors (Lipinski definition) is 4. The van der Waals surface area contributed by atoms with Crippen molar-refractivity contribution in [3.05, 3.63) is 0 Å². The van der Waals surface area contributed by atoms with Gasteiger partial charge in [-0.05, 0) is 0 Å². The predicted molar refractivity (Wildman–Crippen MR) is 42.2 cm³/mol. The van der Waals surface area contributed by atoms with Gasteiger partial charge < -0.3 is 0 Å². The molecule has 0 aromatic carbocycles. The lowest BCUT2D eigenvalue weighted by molar-refractivity contribution is 0.248. The normalized spacial score (nSPS) is 13.5. The van der Waals surface area contributed by atoms with Crippen LogP contribution in [-0.4, -0.2) is 25.9 Å². The van der Waals surface area contributed by atoms with Crippen LogP contribution in [0.2, 0.25) is 0 Å². The van der Waals surface area contributed by atoms with Crippen molar-refractivity contribution < 1.29 is 16.8 Å². The van der Waals surface area contributed by atoms with Gasteiger partial charge >= 0.3 is 10.4 Å². The highest BCUT2D eigenvalue weighted by Crippen LogP contribution is 2.26. The highest BCUT2D eigenvalue weighted by Gasteiger charge is 2.24. The summed E-state index contributed by atoms with van der Waals surface area (Å²) >= 11 is 15.5. The molecule has 0 saturated heterocycles. The van der Waals surface area contributed by atoms with Gasteiger partial charge in [-0.15, -0.1) is 0 Å². The molecule has 0 aliphatic rings. The Morgan fingerprint density at radius 3 is 2.09 bits per heavy atom. The molecule has 0 heterocycles. The van der Waals surface area contributed by atoms with Gasteiger partial charge in [-0.1, -0.05) is 34.8 Å². The Morgan fingerprint density at radius 1 is 1.36 bits per heavy atom. The molecule has 11 heavy (non-hydrogen) atoms. The van der Waals surface area contributed by atoms with E-state index in [4.69, 9.17) is 34.8 Å². The Labute approximate surface area is 79.6 Å². The van der Waals surface area contributed by atoms with E-state index < -0.39 is 20.8 Å². The van der Waals surface area contributed by atoms with E-state index in [1.165, 1.54) is 0 Å². The smallest absolute Gasteiger partial charge is 0.252 e. The van der Waals surface area contributed by atoms with Crippen LogP contribution in [0.15, 0.2) is 0 Å². The minimum absolute atomic E-state index is 0.576. The first-order chi connectivity index (χ1) is 4.77. The van der Waals surface area contributed by atoms with Crippen LogP contribution in [-0.2, 0) is 18.8 Å². The molecule has 0 saturated carbocycles. The third-order valence-electron chi connectivity index (χ3n) is 0.571. The molecule has 0 aromatic heterocycles. The van der Waals surface area contributed by atoms with E-state index in [1.54, 1.807) is 0 Å². The molecular formula is C3H5Cl3O4S. The van der Waals surface area contributed by atoms with Gasteiger partial charge in [0.05, 0.1) is 7.11 Å². The summed E-state index contributed by atoms with van der Waals surface area (Å²) < 4.78 is 27.1. The van der Waals surface area contributed by atoms with Crippen LogP contribution in [0.5, 0.6) is 0 Å². The van der Waals surface area contributed by atoms with Crippen molar-refractivity contribution in [2.24, 2.45) is 0 Å². The molecule has 0 aromatic rings. The van der Waals surface area contributed by atoms with Crippen molar-refractivity contribution in [3.8, 4) is 0 Å². The largest absolute Gasteiger partial charge is 0.399 e. The van der Waals surface area contributed by atoms with Crippen LogP contribution in [0.3, 0.4) is 0 Å². The molecule has 0 aliphatic carbocycles. The van der Waals surface area contributed by atoms with Gasteiger partial charge in [0.1, 0.15) is 6.61 Å². The van der Waals surface area contributed by atoms with Crippen molar-refractivity contribution in [3.63, 3.8) is 0 Å². The van der Waals surface area contributed by atoms with Gasteiger partial charge in [-0.2, -0.15) is 8.42 Å². The molecule has 0 atom stereocenters. The fourth-order valence-corrected chi connectivity index (χ4v) is 0.962. The van der Waals surface area contributed by atoms with E-state index in [-0.39, 0.29) is 0 Å². The number of alkyl halides is 3. The Morgan fingerprint density at radius 2 is 1.82 bits per heavy atom. The number of hydrogen-bond donors (Lipinski definition) is 0. The first-order valence-electron chi connectivity index (χ1n) is 2.28. The molecule has 68 valence electrons. The second-order valence-electron chi connectivity index (χ2n) is 1.45. The SMILES string of the molecule is COS(=O)(=O)OCC(Cl)(Cl)Cl. The molecule has 0 rings (SSSR count). The third-order valence-corrected chi connectivity index (χ3v) is 1.71. The quantitative estimate of drug-likeness (QED) is 0.701. The van der Waals surface area contributed by atoms with Crippen LogP contribution in [0, 0.1) is 0 Å². The maximum absolute atomic E-state index is 10.4. The van der Waals surface area contributed by atoms with Gasteiger partial charge in [0.15, 0.2) is 0 Å². The molecule has 8 heteroatoms. The Kier molecular flexibility index (Phi) is 4.39. The monoisotopic (exact) mass is 242 g/mol. The van der Waals surface area contributed by atoms with Crippen LogP contribution in [0.25, 0.3) is 0 Å². The van der Waals surface area contributed by atoms with Gasteiger partial charge in [0.25, 0.3) is 0 Å². The van der Waals surface area contributed by atoms with Gasteiger partial charge in [-0.3, -0.25) is 4.18 Å². The van der Waals surface area contributed by atoms with Crippen molar-refractivity contribution in [1.29, 1.82) is 0 Å². The zero-order chi connectivity index (χ0) is 9.12. The summed E-state index contributed by atoms with van der Waals surface area (Å²) in [4.78, 5) is 0. The minimum Gasteiger partial charge on any atom is -0.252 e. The zero-order valence-corrected chi connectivity index (χ0v) is 8.47. The van der Waals surface area contributed by atoms with E-state index in [9.17, 15) is 8.42 Å². The summed E-state index contributed by atoms with van der Waals surface area (Å²) in [6.45, 7) is -0.576. The van der Waals surface area contributed by atoms with Gasteiger partial charge in [0, 0.05) is 0 Å². The fourth-order valence-electron chi connectivity index (χ4n) is 0.187. The van der Waals surface area contributed by atoms with E-state index in [1.807, 2.05) is 0 Å². The average molecular weight is 243 g/mol. The summed E-state index contributed by atoms with van der Waals surface area (Å²) in [6.07, 6.45) is 0. The zero-order valence-electron chi connectivity index (χ0n) is 5.38. The topological polar surface area (TPSA) is 52.6 Å². The average Bonchev–Trinajstić information content (AvgIpc) is 1.83. The van der Waals surface area contributed by atoms with Crippen molar-refractivity contribution in [2.45, 2.75) is 3.79 Å². The predicted octanol–water partition coefficient (Wildman–Crippen LogP) is 1.26. The lowest BCUT2D eigenvalue weighted by atomic mass is 10.9. The van der Waals surface area contributed by atoms with E-state index >= 15 is 0 Å². The second kappa shape index (κ2) is 4.11. The first kappa shape index (κ1) is 11.7. The van der Waals surface area contributed by atoms with Gasteiger partial charge in [0.2, 0.25) is 3.79 Å². The molecule has 0 fully saturated rings. The van der Waals surface area contributed by atoms with Crippen molar-refractivity contribution in [1.82, 2.24) is 0 Å². The van der Waals surface area contributed by atoms with Crippen LogP contribution in [0.4, 0.5) is 0 Å². The van der Waals surface area contributed by atoms with Crippen LogP contribution >= 0.6 is 34.8 Å². The Balaban J connectivity index is 3.91. The molecule has 0 unspecified atom stereocenters. The van der Waals surface area contributed by atoms with E-state index in [0.29, 0.717) is 0 Å². The number of rotatable bonds is 3. The van der Waals surface area contributed by atoms with Crippen molar-refractivity contribution in [2.75, 3.05) is 13.7 Å². The maximum Gasteiger partial charge on any atom is 0.399 e. The standard InChI is InChI=1S/C3H5Cl3O4S/c1-9-11(7,8)10-2-3(4,5)6/h2H2,1H3. The molecule has 0 aliphatic heterocycles. The maximum atomic E-state index is 10.4. The minimum atomic E-state index is -4.01. The highest BCUT2D eigenvalue weighted by molar-refractivity contribution is 7.81. The third kappa shape index (κ3) is 7.11. The summed E-state index contributed by atoms with van der Waals surface area (Å²) in [5.41, 5.74) is 0. The summed E-state index contributed by atoms with van der Waals surface area (Å²) in [6, 6.07) is 0. The molecular weight excluding hydrogens is 238 g/mol. The molecule has 0 spiro atoms.